The van der Waals surface area contributed by atoms with Gasteiger partial charge in [0.05, 0.1) is 11.9 Å². The van der Waals surface area contributed by atoms with Crippen molar-refractivity contribution in [3.63, 3.8) is 0 Å². The summed E-state index contributed by atoms with van der Waals surface area (Å²) < 4.78 is 29.5. The fourth-order valence-corrected chi connectivity index (χ4v) is 4.61. The standard InChI is InChI=1S/C27H27F2N5O/c1-3-22-9-12-33(22)23-13-19(16-30-17-23)6-8-20-14-21(7-5-18(20)2)26(35)31-25-15-24-27(28,29)10-4-11-34(24)32-25/h5,7,13-17,22H,3-4,9-12H2,1-2H3,(H,31,32,35). The Hall–Kier alpha value is -3.73. The van der Waals surface area contributed by atoms with Crippen LogP contribution in [0.1, 0.15) is 65.3 Å². The van der Waals surface area contributed by atoms with E-state index < -0.39 is 11.8 Å². The van der Waals surface area contributed by atoms with Crippen molar-refractivity contribution < 1.29 is 13.6 Å². The van der Waals surface area contributed by atoms with E-state index in [9.17, 15) is 13.6 Å². The van der Waals surface area contributed by atoms with Crippen LogP contribution < -0.4 is 10.2 Å². The number of nitrogens with zero attached hydrogens (tertiary/aromatic N) is 4. The number of hydrogen-bond donors (Lipinski definition) is 1. The Kier molecular flexibility index (Phi) is 6.01. The lowest BCUT2D eigenvalue weighted by Gasteiger charge is -2.42. The predicted molar refractivity (Wildman–Crippen MR) is 131 cm³/mol. The van der Waals surface area contributed by atoms with Crippen molar-refractivity contribution in [3.8, 4) is 11.8 Å². The molecule has 2 aliphatic rings. The van der Waals surface area contributed by atoms with Crippen LogP contribution in [0.4, 0.5) is 20.3 Å². The predicted octanol–water partition coefficient (Wildman–Crippen LogP) is 5.11. The van der Waals surface area contributed by atoms with Crippen LogP contribution in [0.3, 0.4) is 0 Å². The third kappa shape index (κ3) is 4.63. The topological polar surface area (TPSA) is 63.1 Å². The normalized spacial score (nSPS) is 18.2. The smallest absolute Gasteiger partial charge is 0.289 e. The van der Waals surface area contributed by atoms with Crippen LogP contribution in [0.2, 0.25) is 0 Å². The van der Waals surface area contributed by atoms with E-state index in [2.05, 4.69) is 39.1 Å². The number of alkyl halides is 2. The summed E-state index contributed by atoms with van der Waals surface area (Å²) in [5, 5.41) is 6.79. The number of aromatic nitrogens is 3. The molecule has 0 bridgehead atoms. The summed E-state index contributed by atoms with van der Waals surface area (Å²) >= 11 is 0. The molecule has 1 amide bonds. The number of amides is 1. The number of nitrogens with one attached hydrogen (secondary N) is 1. The first-order valence-corrected chi connectivity index (χ1v) is 12.0. The zero-order chi connectivity index (χ0) is 24.6. The van der Waals surface area contributed by atoms with Gasteiger partial charge in [0.15, 0.2) is 5.82 Å². The highest BCUT2D eigenvalue weighted by Crippen LogP contribution is 2.37. The Bertz CT molecular complexity index is 1330. The summed E-state index contributed by atoms with van der Waals surface area (Å²) in [7, 11) is 0. The molecule has 3 aromatic rings. The van der Waals surface area contributed by atoms with Gasteiger partial charge in [0, 0.05) is 54.5 Å². The van der Waals surface area contributed by atoms with Crippen molar-refractivity contribution in [1.82, 2.24) is 14.8 Å². The molecule has 1 saturated heterocycles. The summed E-state index contributed by atoms with van der Waals surface area (Å²) in [6.07, 6.45) is 6.05. The maximum absolute atomic E-state index is 14.1. The van der Waals surface area contributed by atoms with Crippen LogP contribution in [0.25, 0.3) is 0 Å². The van der Waals surface area contributed by atoms with Gasteiger partial charge < -0.3 is 10.2 Å². The van der Waals surface area contributed by atoms with Gasteiger partial charge in [0.25, 0.3) is 11.8 Å². The van der Waals surface area contributed by atoms with Crippen molar-refractivity contribution in [1.29, 1.82) is 0 Å². The second kappa shape index (κ2) is 9.14. The fourth-order valence-electron chi connectivity index (χ4n) is 4.61. The number of fused-ring (bicyclic) bond motifs is 1. The molecule has 0 aliphatic carbocycles. The maximum atomic E-state index is 14.1. The minimum absolute atomic E-state index is 0.124. The number of benzene rings is 1. The van der Waals surface area contributed by atoms with Gasteiger partial charge in [0.2, 0.25) is 0 Å². The molecule has 4 heterocycles. The maximum Gasteiger partial charge on any atom is 0.289 e. The van der Waals surface area contributed by atoms with E-state index in [1.54, 1.807) is 18.3 Å². The van der Waals surface area contributed by atoms with Crippen LogP contribution in [-0.4, -0.2) is 33.3 Å². The first-order valence-electron chi connectivity index (χ1n) is 12.0. The summed E-state index contributed by atoms with van der Waals surface area (Å²) in [5.74, 6) is 3.10. The second-order valence-corrected chi connectivity index (χ2v) is 9.16. The molecule has 1 unspecified atom stereocenters. The average molecular weight is 476 g/mol. The van der Waals surface area contributed by atoms with Gasteiger partial charge in [-0.25, -0.2) is 0 Å². The fraction of sp³-hybridized carbons (Fsp3) is 0.370. The molecule has 2 aliphatic heterocycles. The Morgan fingerprint density at radius 2 is 2.06 bits per heavy atom. The van der Waals surface area contributed by atoms with Crippen LogP contribution in [0, 0.1) is 18.8 Å². The number of hydrogen-bond acceptors (Lipinski definition) is 4. The van der Waals surface area contributed by atoms with Crippen LogP contribution in [0.15, 0.2) is 42.7 Å². The number of anilines is 2. The molecule has 1 fully saturated rings. The van der Waals surface area contributed by atoms with Gasteiger partial charge in [-0.3, -0.25) is 14.5 Å². The van der Waals surface area contributed by atoms with E-state index in [1.807, 2.05) is 25.3 Å². The first kappa shape index (κ1) is 23.0. The lowest BCUT2D eigenvalue weighted by atomic mass is 9.99. The van der Waals surface area contributed by atoms with Crippen molar-refractivity contribution in [2.24, 2.45) is 0 Å². The highest BCUT2D eigenvalue weighted by Gasteiger charge is 2.38. The molecule has 180 valence electrons. The molecule has 1 atom stereocenters. The monoisotopic (exact) mass is 475 g/mol. The van der Waals surface area contributed by atoms with E-state index in [1.165, 1.54) is 17.2 Å². The minimum Gasteiger partial charge on any atom is -0.367 e. The minimum atomic E-state index is -2.93. The molecule has 0 spiro atoms. The zero-order valence-corrected chi connectivity index (χ0v) is 19.8. The average Bonchev–Trinajstić information content (AvgIpc) is 3.22. The number of pyridine rings is 1. The first-order chi connectivity index (χ1) is 16.8. The Morgan fingerprint density at radius 1 is 1.20 bits per heavy atom. The van der Waals surface area contributed by atoms with Gasteiger partial charge in [-0.1, -0.05) is 24.8 Å². The van der Waals surface area contributed by atoms with E-state index in [0.29, 0.717) is 30.1 Å². The van der Waals surface area contributed by atoms with Crippen LogP contribution in [-0.2, 0) is 12.5 Å². The van der Waals surface area contributed by atoms with Crippen LogP contribution >= 0.6 is 0 Å². The number of carbonyl (C=O) groups is 1. The van der Waals surface area contributed by atoms with Gasteiger partial charge in [-0.2, -0.15) is 13.9 Å². The van der Waals surface area contributed by atoms with Crippen molar-refractivity contribution in [3.05, 3.63) is 70.7 Å². The van der Waals surface area contributed by atoms with Crippen molar-refractivity contribution in [2.45, 2.75) is 58.0 Å². The highest BCUT2D eigenvalue weighted by molar-refractivity contribution is 6.04. The van der Waals surface area contributed by atoms with Gasteiger partial charge >= 0.3 is 0 Å². The molecule has 1 N–H and O–H groups in total. The number of carbonyl (C=O) groups excluding carboxylic acids is 1. The zero-order valence-electron chi connectivity index (χ0n) is 19.8. The van der Waals surface area contributed by atoms with E-state index in [4.69, 9.17) is 0 Å². The molecule has 35 heavy (non-hydrogen) atoms. The third-order valence-electron chi connectivity index (χ3n) is 6.77. The number of rotatable bonds is 4. The highest BCUT2D eigenvalue weighted by atomic mass is 19.3. The Morgan fingerprint density at radius 3 is 2.80 bits per heavy atom. The van der Waals surface area contributed by atoms with Crippen LogP contribution in [0.5, 0.6) is 0 Å². The van der Waals surface area contributed by atoms with Crippen molar-refractivity contribution >= 4 is 17.4 Å². The Balaban J connectivity index is 1.34. The molecule has 5 rings (SSSR count). The number of aryl methyl sites for hydroxylation is 2. The lowest BCUT2D eigenvalue weighted by Crippen LogP contribution is -2.47. The lowest BCUT2D eigenvalue weighted by molar-refractivity contribution is -0.0364. The van der Waals surface area contributed by atoms with E-state index in [0.717, 1.165) is 29.8 Å². The molecule has 0 radical (unpaired) electrons. The number of halogens is 2. The molecule has 0 saturated carbocycles. The van der Waals surface area contributed by atoms with Gasteiger partial charge in [0.1, 0.15) is 5.69 Å². The van der Waals surface area contributed by atoms with E-state index in [-0.39, 0.29) is 17.9 Å². The van der Waals surface area contributed by atoms with Gasteiger partial charge in [-0.05, 0) is 49.9 Å². The summed E-state index contributed by atoms with van der Waals surface area (Å²) in [5.41, 5.74) is 3.76. The molecular weight excluding hydrogens is 448 g/mol. The molecule has 2 aromatic heterocycles. The molecule has 1 aromatic carbocycles. The van der Waals surface area contributed by atoms with Gasteiger partial charge in [-0.15, -0.1) is 0 Å². The second-order valence-electron chi connectivity index (χ2n) is 9.16. The SMILES string of the molecule is CCC1CCN1c1cncc(C#Cc2cc(C(=O)Nc3cc4n(n3)CCCC4(F)F)ccc2C)c1. The van der Waals surface area contributed by atoms with E-state index >= 15 is 0 Å². The van der Waals surface area contributed by atoms with Crippen molar-refractivity contribution in [2.75, 3.05) is 16.8 Å². The summed E-state index contributed by atoms with van der Waals surface area (Å²) in [6, 6.07) is 9.09. The summed E-state index contributed by atoms with van der Waals surface area (Å²) in [4.78, 5) is 19.5. The molecule has 8 heteroatoms. The quantitative estimate of drug-likeness (QED) is 0.533. The largest absolute Gasteiger partial charge is 0.367 e. The molecular formula is C27H27F2N5O. The Labute approximate surface area is 203 Å². The third-order valence-corrected chi connectivity index (χ3v) is 6.77. The summed E-state index contributed by atoms with van der Waals surface area (Å²) in [6.45, 7) is 5.57. The molecule has 6 nitrogen and oxygen atoms in total.